The fourth-order valence-corrected chi connectivity index (χ4v) is 3.40. The number of anilines is 2. The number of fused-ring (bicyclic) bond motifs is 1. The number of hydrogen-bond acceptors (Lipinski definition) is 3. The van der Waals surface area contributed by atoms with Gasteiger partial charge < -0.3 is 15.5 Å². The summed E-state index contributed by atoms with van der Waals surface area (Å²) in [6, 6.07) is 8.75. The molecule has 0 bridgehead atoms. The van der Waals surface area contributed by atoms with Crippen LogP contribution in [0.1, 0.15) is 25.7 Å². The summed E-state index contributed by atoms with van der Waals surface area (Å²) in [5.41, 5.74) is 9.19. The Bertz CT molecular complexity index is 434. The molecular formula is C16H25N3. The van der Waals surface area contributed by atoms with Crippen LogP contribution in [0.25, 0.3) is 0 Å². The number of nitrogens with two attached hydrogens (primary N) is 1. The zero-order chi connectivity index (χ0) is 13.3. The van der Waals surface area contributed by atoms with Crippen LogP contribution in [0.2, 0.25) is 0 Å². The highest BCUT2D eigenvalue weighted by Gasteiger charge is 2.35. The molecule has 1 aromatic carbocycles. The van der Waals surface area contributed by atoms with E-state index in [9.17, 15) is 0 Å². The lowest BCUT2D eigenvalue weighted by Gasteiger charge is -2.44. The molecule has 0 atom stereocenters. The van der Waals surface area contributed by atoms with Crippen molar-refractivity contribution in [3.8, 4) is 0 Å². The molecule has 104 valence electrons. The van der Waals surface area contributed by atoms with Crippen molar-refractivity contribution in [3.05, 3.63) is 24.3 Å². The third-order valence-electron chi connectivity index (χ3n) is 5.10. The lowest BCUT2D eigenvalue weighted by atomic mass is 9.66. The molecule has 1 aliphatic heterocycles. The summed E-state index contributed by atoms with van der Waals surface area (Å²) >= 11 is 0. The van der Waals surface area contributed by atoms with Gasteiger partial charge in [-0.15, -0.1) is 0 Å². The molecule has 3 rings (SSSR count). The first-order chi connectivity index (χ1) is 9.24. The highest BCUT2D eigenvalue weighted by Crippen LogP contribution is 2.43. The van der Waals surface area contributed by atoms with Gasteiger partial charge in [0.15, 0.2) is 0 Å². The van der Waals surface area contributed by atoms with Crippen molar-refractivity contribution in [1.82, 2.24) is 0 Å². The van der Waals surface area contributed by atoms with E-state index < -0.39 is 0 Å². The Hall–Kier alpha value is -1.22. The van der Waals surface area contributed by atoms with Crippen molar-refractivity contribution in [3.63, 3.8) is 0 Å². The molecule has 0 unspecified atom stereocenters. The van der Waals surface area contributed by atoms with Crippen LogP contribution < -0.4 is 15.5 Å². The van der Waals surface area contributed by atoms with Gasteiger partial charge >= 0.3 is 0 Å². The molecule has 0 saturated heterocycles. The van der Waals surface area contributed by atoms with Gasteiger partial charge in [0.05, 0.1) is 11.4 Å². The van der Waals surface area contributed by atoms with Gasteiger partial charge in [0.2, 0.25) is 0 Å². The average Bonchev–Trinajstić information content (AvgIpc) is 2.41. The smallest absolute Gasteiger partial charge is 0.0604 e. The van der Waals surface area contributed by atoms with Crippen LogP contribution in [0.3, 0.4) is 0 Å². The molecule has 0 spiro atoms. The highest BCUT2D eigenvalue weighted by atomic mass is 15.2. The Labute approximate surface area is 116 Å². The van der Waals surface area contributed by atoms with Gasteiger partial charge in [0, 0.05) is 26.7 Å². The molecule has 0 aromatic heterocycles. The van der Waals surface area contributed by atoms with E-state index in [0.29, 0.717) is 5.41 Å². The fraction of sp³-hybridized carbons (Fsp3) is 0.625. The predicted molar refractivity (Wildman–Crippen MR) is 81.9 cm³/mol. The average molecular weight is 259 g/mol. The van der Waals surface area contributed by atoms with E-state index in [4.69, 9.17) is 5.73 Å². The second kappa shape index (κ2) is 5.04. The number of nitrogens with zero attached hydrogens (tertiary/aromatic N) is 2. The molecule has 2 aliphatic rings. The molecule has 0 radical (unpaired) electrons. The van der Waals surface area contributed by atoms with Crippen LogP contribution in [0, 0.1) is 5.41 Å². The van der Waals surface area contributed by atoms with Gasteiger partial charge in [0.25, 0.3) is 0 Å². The van der Waals surface area contributed by atoms with Gasteiger partial charge in [-0.1, -0.05) is 18.6 Å². The summed E-state index contributed by atoms with van der Waals surface area (Å²) in [5.74, 6) is 0. The largest absolute Gasteiger partial charge is 0.371 e. The van der Waals surface area contributed by atoms with Crippen LogP contribution in [-0.2, 0) is 0 Å². The maximum atomic E-state index is 5.97. The summed E-state index contributed by atoms with van der Waals surface area (Å²) in [6.45, 7) is 4.27. The van der Waals surface area contributed by atoms with Gasteiger partial charge in [-0.2, -0.15) is 0 Å². The van der Waals surface area contributed by atoms with Crippen LogP contribution in [0.4, 0.5) is 11.4 Å². The van der Waals surface area contributed by atoms with Crippen molar-refractivity contribution in [2.75, 3.05) is 43.0 Å². The quantitative estimate of drug-likeness (QED) is 0.901. The molecule has 1 aromatic rings. The van der Waals surface area contributed by atoms with Gasteiger partial charge in [0.1, 0.15) is 0 Å². The van der Waals surface area contributed by atoms with E-state index >= 15 is 0 Å². The molecule has 2 N–H and O–H groups in total. The SMILES string of the molecule is CN1CCN(CCC2(CN)CCC2)c2ccccc21. The second-order valence-electron chi connectivity index (χ2n) is 6.20. The van der Waals surface area contributed by atoms with E-state index in [0.717, 1.165) is 26.2 Å². The van der Waals surface area contributed by atoms with Crippen molar-refractivity contribution in [1.29, 1.82) is 0 Å². The first kappa shape index (κ1) is 12.8. The van der Waals surface area contributed by atoms with E-state index in [1.54, 1.807) is 0 Å². The monoisotopic (exact) mass is 259 g/mol. The minimum atomic E-state index is 0.457. The zero-order valence-electron chi connectivity index (χ0n) is 11.9. The molecule has 0 amide bonds. The third-order valence-corrected chi connectivity index (χ3v) is 5.10. The van der Waals surface area contributed by atoms with E-state index in [2.05, 4.69) is 41.1 Å². The van der Waals surface area contributed by atoms with Crippen LogP contribution >= 0.6 is 0 Å². The molecule has 3 heteroatoms. The highest BCUT2D eigenvalue weighted by molar-refractivity contribution is 5.73. The normalized spacial score (nSPS) is 20.9. The Kier molecular flexibility index (Phi) is 3.40. The van der Waals surface area contributed by atoms with Crippen LogP contribution in [0.15, 0.2) is 24.3 Å². The lowest BCUT2D eigenvalue weighted by Crippen LogP contribution is -2.44. The number of hydrogen-bond donors (Lipinski definition) is 1. The standard InChI is InChI=1S/C16H25N3/c1-18-11-12-19(15-6-3-2-5-14(15)18)10-9-16(13-17)7-4-8-16/h2-3,5-6H,4,7-13,17H2,1H3. The zero-order valence-corrected chi connectivity index (χ0v) is 11.9. The van der Waals surface area contributed by atoms with Crippen molar-refractivity contribution in [2.45, 2.75) is 25.7 Å². The molecule has 19 heavy (non-hydrogen) atoms. The minimum Gasteiger partial charge on any atom is -0.371 e. The molecule has 1 saturated carbocycles. The van der Waals surface area contributed by atoms with Crippen molar-refractivity contribution < 1.29 is 0 Å². The van der Waals surface area contributed by atoms with Crippen LogP contribution in [-0.4, -0.2) is 33.2 Å². The first-order valence-corrected chi connectivity index (χ1v) is 7.49. The van der Waals surface area contributed by atoms with Crippen LogP contribution in [0.5, 0.6) is 0 Å². The minimum absolute atomic E-state index is 0.457. The first-order valence-electron chi connectivity index (χ1n) is 7.49. The number of para-hydroxylation sites is 2. The predicted octanol–water partition coefficient (Wildman–Crippen LogP) is 2.46. The number of rotatable bonds is 4. The molecule has 1 aliphatic carbocycles. The lowest BCUT2D eigenvalue weighted by molar-refractivity contribution is 0.133. The maximum Gasteiger partial charge on any atom is 0.0604 e. The number of benzene rings is 1. The Morgan fingerprint density at radius 3 is 2.53 bits per heavy atom. The summed E-state index contributed by atoms with van der Waals surface area (Å²) in [6.07, 6.45) is 5.29. The second-order valence-corrected chi connectivity index (χ2v) is 6.20. The number of likely N-dealkylation sites (N-methyl/N-ethyl adjacent to an activating group) is 1. The van der Waals surface area contributed by atoms with E-state index in [1.165, 1.54) is 37.1 Å². The third kappa shape index (κ3) is 2.32. The molecule has 1 heterocycles. The maximum absolute atomic E-state index is 5.97. The Morgan fingerprint density at radius 2 is 1.89 bits per heavy atom. The molecular weight excluding hydrogens is 234 g/mol. The summed E-state index contributed by atoms with van der Waals surface area (Å²) in [7, 11) is 2.18. The Balaban J connectivity index is 1.71. The summed E-state index contributed by atoms with van der Waals surface area (Å²) in [5, 5.41) is 0. The van der Waals surface area contributed by atoms with Crippen molar-refractivity contribution in [2.24, 2.45) is 11.1 Å². The molecule has 3 nitrogen and oxygen atoms in total. The summed E-state index contributed by atoms with van der Waals surface area (Å²) in [4.78, 5) is 4.90. The van der Waals surface area contributed by atoms with Gasteiger partial charge in [-0.05, 0) is 43.4 Å². The van der Waals surface area contributed by atoms with Crippen molar-refractivity contribution >= 4 is 11.4 Å². The molecule has 1 fully saturated rings. The Morgan fingerprint density at radius 1 is 1.16 bits per heavy atom. The summed E-state index contributed by atoms with van der Waals surface area (Å²) < 4.78 is 0. The van der Waals surface area contributed by atoms with E-state index in [-0.39, 0.29) is 0 Å². The fourth-order valence-electron chi connectivity index (χ4n) is 3.40. The van der Waals surface area contributed by atoms with Gasteiger partial charge in [-0.25, -0.2) is 0 Å². The van der Waals surface area contributed by atoms with E-state index in [1.807, 2.05) is 0 Å². The van der Waals surface area contributed by atoms with Gasteiger partial charge in [-0.3, -0.25) is 0 Å². The topological polar surface area (TPSA) is 32.5 Å².